The molecule has 0 amide bonds. The van der Waals surface area contributed by atoms with Gasteiger partial charge in [0.05, 0.1) is 16.7 Å². The summed E-state index contributed by atoms with van der Waals surface area (Å²) in [6.45, 7) is 10.4. The molecule has 1 aliphatic heterocycles. The van der Waals surface area contributed by atoms with Gasteiger partial charge in [-0.2, -0.15) is 0 Å². The molecule has 6 nitrogen and oxygen atoms in total. The molecule has 5 aromatic rings. The van der Waals surface area contributed by atoms with E-state index in [1.165, 1.54) is 27.7 Å². The molecule has 0 N–H and O–H groups in total. The van der Waals surface area contributed by atoms with Crippen molar-refractivity contribution in [2.24, 2.45) is 0 Å². The van der Waals surface area contributed by atoms with Crippen molar-refractivity contribution in [3.8, 4) is 22.6 Å². The van der Waals surface area contributed by atoms with E-state index in [1.807, 2.05) is 0 Å². The molecule has 1 aliphatic rings. The number of fused-ring (bicyclic) bond motifs is 3. The van der Waals surface area contributed by atoms with Crippen molar-refractivity contribution in [1.29, 1.82) is 0 Å². The summed E-state index contributed by atoms with van der Waals surface area (Å²) in [4.78, 5) is 17.8. The Kier molecular flexibility index (Phi) is 6.83. The van der Waals surface area contributed by atoms with E-state index in [1.54, 1.807) is 0 Å². The van der Waals surface area contributed by atoms with Gasteiger partial charge in [0, 0.05) is 61.5 Å². The molecule has 1 saturated heterocycles. The summed E-state index contributed by atoms with van der Waals surface area (Å²) in [6.07, 6.45) is 0. The Morgan fingerprint density at radius 2 is 1.44 bits per heavy atom. The normalized spacial score (nSPS) is 14.7. The smallest absolute Gasteiger partial charge is 0.141 e. The van der Waals surface area contributed by atoms with Crippen LogP contribution in [0.25, 0.3) is 44.6 Å². The molecule has 200 valence electrons. The van der Waals surface area contributed by atoms with E-state index in [0.29, 0.717) is 0 Å². The Labute approximate surface area is 231 Å². The Bertz CT molecular complexity index is 1610. The van der Waals surface area contributed by atoms with Crippen LogP contribution in [0.15, 0.2) is 66.7 Å². The second kappa shape index (κ2) is 10.4. The minimum absolute atomic E-state index is 0.849. The summed E-state index contributed by atoms with van der Waals surface area (Å²) in [6, 6.07) is 23.9. The number of aryl methyl sites for hydroxylation is 2. The summed E-state index contributed by atoms with van der Waals surface area (Å²) >= 11 is 0. The first-order chi connectivity index (χ1) is 18.9. The number of hydrogen-bond acceptors (Lipinski definition) is 5. The Morgan fingerprint density at radius 3 is 2.13 bits per heavy atom. The first-order valence-corrected chi connectivity index (χ1v) is 13.9. The highest BCUT2D eigenvalue weighted by Gasteiger charge is 2.22. The predicted molar refractivity (Wildman–Crippen MR) is 164 cm³/mol. The van der Waals surface area contributed by atoms with Gasteiger partial charge >= 0.3 is 0 Å². The molecule has 6 heteroatoms. The number of hydrogen-bond donors (Lipinski definition) is 0. The fraction of sp³-hybridized carbons (Fsp3) is 0.333. The third-order valence-corrected chi connectivity index (χ3v) is 8.05. The van der Waals surface area contributed by atoms with E-state index in [4.69, 9.17) is 9.97 Å². The van der Waals surface area contributed by atoms with Crippen molar-refractivity contribution < 1.29 is 0 Å². The lowest BCUT2D eigenvalue weighted by Crippen LogP contribution is -2.44. The maximum Gasteiger partial charge on any atom is 0.141 e. The summed E-state index contributed by atoms with van der Waals surface area (Å²) in [7, 11) is 6.45. The number of imidazole rings is 1. The van der Waals surface area contributed by atoms with Crippen LogP contribution in [0.3, 0.4) is 0 Å². The largest absolute Gasteiger partial charge is 0.369 e. The number of benzene rings is 3. The van der Waals surface area contributed by atoms with Gasteiger partial charge in [-0.15, -0.1) is 0 Å². The number of nitrogens with zero attached hydrogens (tertiary/aromatic N) is 6. The molecule has 1 fully saturated rings. The number of aromatic nitrogens is 3. The van der Waals surface area contributed by atoms with Crippen LogP contribution in [-0.2, 0) is 6.54 Å². The van der Waals surface area contributed by atoms with Crippen molar-refractivity contribution in [1.82, 2.24) is 24.3 Å². The second-order valence-corrected chi connectivity index (χ2v) is 11.2. The Hall–Kier alpha value is -3.74. The van der Waals surface area contributed by atoms with Gasteiger partial charge in [-0.25, -0.2) is 9.97 Å². The van der Waals surface area contributed by atoms with Crippen LogP contribution < -0.4 is 4.90 Å². The highest BCUT2D eigenvalue weighted by Crippen LogP contribution is 2.38. The molecule has 2 aromatic heterocycles. The molecule has 6 rings (SSSR count). The van der Waals surface area contributed by atoms with E-state index in [2.05, 4.69) is 121 Å². The van der Waals surface area contributed by atoms with Crippen molar-refractivity contribution in [2.75, 3.05) is 58.8 Å². The third-order valence-electron chi connectivity index (χ3n) is 8.05. The fourth-order valence-corrected chi connectivity index (χ4v) is 5.70. The molecule has 0 spiro atoms. The maximum absolute atomic E-state index is 5.34. The fourth-order valence-electron chi connectivity index (χ4n) is 5.70. The molecule has 39 heavy (non-hydrogen) atoms. The van der Waals surface area contributed by atoms with Gasteiger partial charge in [0.15, 0.2) is 0 Å². The number of anilines is 1. The van der Waals surface area contributed by atoms with Gasteiger partial charge in [-0.1, -0.05) is 54.6 Å². The van der Waals surface area contributed by atoms with Gasteiger partial charge < -0.3 is 19.3 Å². The van der Waals surface area contributed by atoms with Gasteiger partial charge in [0.25, 0.3) is 0 Å². The van der Waals surface area contributed by atoms with Crippen molar-refractivity contribution >= 4 is 27.6 Å². The van der Waals surface area contributed by atoms with E-state index < -0.39 is 0 Å². The zero-order valence-corrected chi connectivity index (χ0v) is 23.8. The number of rotatable bonds is 6. The van der Waals surface area contributed by atoms with Crippen molar-refractivity contribution in [3.05, 3.63) is 77.9 Å². The lowest BCUT2D eigenvalue weighted by molar-refractivity contribution is 0.313. The standard InChI is InChI=1S/C33H38N6/c1-23-11-12-24(2)29-28(23)32-31(35-33(26-9-7-6-8-10-26)39(32)22-17-36(3)4)30(34-29)25-13-15-27(16-14-25)38-20-18-37(5)19-21-38/h6-16H,17-22H2,1-5H3. The summed E-state index contributed by atoms with van der Waals surface area (Å²) in [5, 5.41) is 1.20. The van der Waals surface area contributed by atoms with E-state index in [9.17, 15) is 0 Å². The number of piperazine rings is 1. The predicted octanol–water partition coefficient (Wildman–Crippen LogP) is 5.85. The van der Waals surface area contributed by atoms with E-state index in [-0.39, 0.29) is 0 Å². The van der Waals surface area contributed by atoms with Gasteiger partial charge in [-0.3, -0.25) is 0 Å². The second-order valence-electron chi connectivity index (χ2n) is 11.2. The SMILES string of the molecule is Cc1ccc(C)c2c1nc(-c1ccc(N3CCN(C)CC3)cc1)c1nc(-c3ccccc3)n(CCN(C)C)c12. The molecule has 0 saturated carbocycles. The molecule has 0 unspecified atom stereocenters. The third kappa shape index (κ3) is 4.79. The highest BCUT2D eigenvalue weighted by molar-refractivity contribution is 6.11. The summed E-state index contributed by atoms with van der Waals surface area (Å²) in [5.74, 6) is 0.998. The van der Waals surface area contributed by atoms with Crippen LogP contribution in [0.5, 0.6) is 0 Å². The lowest BCUT2D eigenvalue weighted by Gasteiger charge is -2.34. The summed E-state index contributed by atoms with van der Waals surface area (Å²) < 4.78 is 2.42. The van der Waals surface area contributed by atoms with Crippen LogP contribution in [0.2, 0.25) is 0 Å². The van der Waals surface area contributed by atoms with Gasteiger partial charge in [-0.05, 0) is 58.3 Å². The minimum Gasteiger partial charge on any atom is -0.369 e. The van der Waals surface area contributed by atoms with Crippen molar-refractivity contribution in [2.45, 2.75) is 20.4 Å². The average molecular weight is 519 g/mol. The zero-order chi connectivity index (χ0) is 27.1. The minimum atomic E-state index is 0.849. The number of likely N-dealkylation sites (N-methyl/N-ethyl adjacent to an activating group) is 2. The molecule has 0 radical (unpaired) electrons. The van der Waals surface area contributed by atoms with Crippen LogP contribution >= 0.6 is 0 Å². The average Bonchev–Trinajstić information content (AvgIpc) is 3.34. The van der Waals surface area contributed by atoms with Crippen LogP contribution in [0.1, 0.15) is 11.1 Å². The van der Waals surface area contributed by atoms with E-state index >= 15 is 0 Å². The van der Waals surface area contributed by atoms with Crippen LogP contribution in [-0.4, -0.2) is 78.2 Å². The first kappa shape index (κ1) is 25.5. The van der Waals surface area contributed by atoms with Crippen LogP contribution in [0, 0.1) is 13.8 Å². The Morgan fingerprint density at radius 1 is 0.744 bits per heavy atom. The lowest BCUT2D eigenvalue weighted by atomic mass is 10.0. The zero-order valence-electron chi connectivity index (χ0n) is 23.8. The maximum atomic E-state index is 5.34. The summed E-state index contributed by atoms with van der Waals surface area (Å²) in [5.41, 5.74) is 10.1. The van der Waals surface area contributed by atoms with Gasteiger partial charge in [0.1, 0.15) is 11.3 Å². The molecule has 0 atom stereocenters. The first-order valence-electron chi connectivity index (χ1n) is 13.9. The van der Waals surface area contributed by atoms with E-state index in [0.717, 1.165) is 72.9 Å². The molecule has 3 heterocycles. The molecular weight excluding hydrogens is 480 g/mol. The molecule has 0 bridgehead atoms. The molecular formula is C33H38N6. The monoisotopic (exact) mass is 518 g/mol. The highest BCUT2D eigenvalue weighted by atomic mass is 15.2. The molecule has 0 aliphatic carbocycles. The molecule has 3 aromatic carbocycles. The van der Waals surface area contributed by atoms with Crippen molar-refractivity contribution in [3.63, 3.8) is 0 Å². The quantitative estimate of drug-likeness (QED) is 0.282. The van der Waals surface area contributed by atoms with Gasteiger partial charge in [0.2, 0.25) is 0 Å². The van der Waals surface area contributed by atoms with Crippen LogP contribution in [0.4, 0.5) is 5.69 Å². The number of pyridine rings is 1. The topological polar surface area (TPSA) is 40.4 Å². The Balaban J connectivity index is 1.58.